The van der Waals surface area contributed by atoms with Gasteiger partial charge < -0.3 is 26.9 Å². The fourth-order valence-electron chi connectivity index (χ4n) is 0.402. The number of carbonyl (C=O) groups is 2. The van der Waals surface area contributed by atoms with Crippen LogP contribution in [0.5, 0.6) is 0 Å². The molecule has 1 atom stereocenters. The maximum absolute atomic E-state index is 9.99. The molecule has 0 saturated carbocycles. The Kier molecular flexibility index (Phi) is 20.4. The number of carboxylic acid groups (broad SMARTS) is 2. The molecular formula is C5H13MgNO6. The van der Waals surface area contributed by atoms with Gasteiger partial charge in [0.05, 0.1) is 0 Å². The van der Waals surface area contributed by atoms with Gasteiger partial charge in [-0.3, -0.25) is 9.59 Å². The number of nitrogens with two attached hydrogens (primary N) is 1. The fraction of sp³-hybridized carbons (Fsp3) is 0.600. The van der Waals surface area contributed by atoms with Crippen molar-refractivity contribution in [2.24, 2.45) is 5.73 Å². The van der Waals surface area contributed by atoms with E-state index in [1.807, 2.05) is 0 Å². The summed E-state index contributed by atoms with van der Waals surface area (Å²) in [6, 6.07) is -1.06. The number of hydrogen-bond acceptors (Lipinski definition) is 3. The van der Waals surface area contributed by atoms with E-state index in [1.54, 1.807) is 0 Å². The third kappa shape index (κ3) is 14.4. The molecule has 0 rings (SSSR count). The van der Waals surface area contributed by atoms with Crippen LogP contribution in [0.3, 0.4) is 0 Å². The number of aliphatic carboxylic acids is 2. The van der Waals surface area contributed by atoms with Crippen LogP contribution in [-0.2, 0) is 9.59 Å². The van der Waals surface area contributed by atoms with Crippen molar-refractivity contribution in [2.75, 3.05) is 0 Å². The molecule has 0 aromatic rings. The largest absolute Gasteiger partial charge is 0.481 e. The van der Waals surface area contributed by atoms with Crippen LogP contribution < -0.4 is 5.73 Å². The molecule has 0 aromatic heterocycles. The van der Waals surface area contributed by atoms with E-state index < -0.39 is 18.0 Å². The zero-order chi connectivity index (χ0) is 8.15. The van der Waals surface area contributed by atoms with Crippen molar-refractivity contribution in [3.05, 3.63) is 0 Å². The van der Waals surface area contributed by atoms with Gasteiger partial charge in [0.1, 0.15) is 6.04 Å². The number of carboxylic acids is 2. The van der Waals surface area contributed by atoms with Gasteiger partial charge in [-0.25, -0.2) is 0 Å². The quantitative estimate of drug-likeness (QED) is 0.424. The average Bonchev–Trinajstić information content (AvgIpc) is 1.82. The molecule has 0 aromatic carbocycles. The van der Waals surface area contributed by atoms with Crippen molar-refractivity contribution in [1.29, 1.82) is 0 Å². The Hall–Kier alpha value is -0.414. The first-order chi connectivity index (χ1) is 4.54. The highest BCUT2D eigenvalue weighted by Gasteiger charge is 2.12. The Labute approximate surface area is 90.7 Å². The van der Waals surface area contributed by atoms with E-state index in [4.69, 9.17) is 15.9 Å². The Bertz CT molecular complexity index is 152. The first-order valence-electron chi connectivity index (χ1n) is 2.74. The number of rotatable bonds is 4. The van der Waals surface area contributed by atoms with Gasteiger partial charge in [-0.1, -0.05) is 0 Å². The van der Waals surface area contributed by atoms with Crippen LogP contribution in [0, 0.1) is 0 Å². The molecule has 1 unspecified atom stereocenters. The van der Waals surface area contributed by atoms with E-state index in [2.05, 4.69) is 0 Å². The molecule has 0 bridgehead atoms. The van der Waals surface area contributed by atoms with Gasteiger partial charge in [-0.05, 0) is 6.42 Å². The van der Waals surface area contributed by atoms with E-state index in [0.29, 0.717) is 0 Å². The van der Waals surface area contributed by atoms with Gasteiger partial charge in [0.25, 0.3) is 0 Å². The third-order valence-corrected chi connectivity index (χ3v) is 0.986. The zero-order valence-corrected chi connectivity index (χ0v) is 8.40. The predicted molar refractivity (Wildman–Crippen MR) is 45.5 cm³/mol. The smallest absolute Gasteiger partial charge is 0.320 e. The van der Waals surface area contributed by atoms with E-state index >= 15 is 0 Å². The second kappa shape index (κ2) is 11.6. The second-order valence-electron chi connectivity index (χ2n) is 1.88. The lowest BCUT2D eigenvalue weighted by molar-refractivity contribution is -0.139. The molecule has 2 radical (unpaired) electrons. The van der Waals surface area contributed by atoms with Crippen molar-refractivity contribution < 1.29 is 30.8 Å². The van der Waals surface area contributed by atoms with Crippen molar-refractivity contribution in [3.8, 4) is 0 Å². The SMILES string of the molecule is NC(CCC(=O)O)C(=O)O.O.O.[Mg]. The maximum Gasteiger partial charge on any atom is 0.320 e. The summed E-state index contributed by atoms with van der Waals surface area (Å²) >= 11 is 0. The highest BCUT2D eigenvalue weighted by Crippen LogP contribution is 1.93. The number of hydrogen-bond donors (Lipinski definition) is 3. The molecule has 0 heterocycles. The molecule has 8 heteroatoms. The van der Waals surface area contributed by atoms with E-state index in [-0.39, 0.29) is 46.8 Å². The van der Waals surface area contributed by atoms with E-state index in [9.17, 15) is 9.59 Å². The lowest BCUT2D eigenvalue weighted by atomic mass is 10.2. The molecule has 8 N–H and O–H groups in total. The molecule has 0 saturated heterocycles. The first-order valence-corrected chi connectivity index (χ1v) is 2.74. The molecule has 0 fully saturated rings. The fourth-order valence-corrected chi connectivity index (χ4v) is 0.402. The summed E-state index contributed by atoms with van der Waals surface area (Å²) in [6.45, 7) is 0. The van der Waals surface area contributed by atoms with Crippen molar-refractivity contribution in [3.63, 3.8) is 0 Å². The highest BCUT2D eigenvalue weighted by atomic mass is 24.3. The van der Waals surface area contributed by atoms with E-state index in [0.717, 1.165) is 0 Å². The minimum atomic E-state index is -1.17. The van der Waals surface area contributed by atoms with Gasteiger partial charge >= 0.3 is 11.9 Å². The topological polar surface area (TPSA) is 164 Å². The van der Waals surface area contributed by atoms with Crippen LogP contribution >= 0.6 is 0 Å². The molecule has 0 aliphatic rings. The van der Waals surface area contributed by atoms with Crippen LogP contribution in [0.1, 0.15) is 12.8 Å². The predicted octanol–water partition coefficient (Wildman–Crippen LogP) is -2.77. The zero-order valence-electron chi connectivity index (χ0n) is 6.99. The Morgan fingerprint density at radius 2 is 1.62 bits per heavy atom. The van der Waals surface area contributed by atoms with Crippen LogP contribution in [0.4, 0.5) is 0 Å². The second-order valence-corrected chi connectivity index (χ2v) is 1.88. The lowest BCUT2D eigenvalue weighted by Crippen LogP contribution is -2.30. The van der Waals surface area contributed by atoms with Crippen LogP contribution in [0.2, 0.25) is 0 Å². The Morgan fingerprint density at radius 3 is 1.85 bits per heavy atom. The normalized spacial score (nSPS) is 9.62. The molecule has 0 aliphatic carbocycles. The molecular weight excluding hydrogens is 194 g/mol. The summed E-state index contributed by atoms with van der Waals surface area (Å²) in [6.07, 6.45) is -0.224. The summed E-state index contributed by atoms with van der Waals surface area (Å²) in [4.78, 5) is 19.9. The molecule has 13 heavy (non-hydrogen) atoms. The summed E-state index contributed by atoms with van der Waals surface area (Å²) < 4.78 is 0. The summed E-state index contributed by atoms with van der Waals surface area (Å²) in [5.74, 6) is -2.20. The summed E-state index contributed by atoms with van der Waals surface area (Å²) in [7, 11) is 0. The van der Waals surface area contributed by atoms with E-state index in [1.165, 1.54) is 0 Å². The first kappa shape index (κ1) is 22.9. The Morgan fingerprint density at radius 1 is 1.23 bits per heavy atom. The monoisotopic (exact) mass is 207 g/mol. The average molecular weight is 207 g/mol. The van der Waals surface area contributed by atoms with Crippen molar-refractivity contribution in [1.82, 2.24) is 0 Å². The molecule has 7 nitrogen and oxygen atoms in total. The van der Waals surface area contributed by atoms with Gasteiger partial charge in [-0.2, -0.15) is 0 Å². The molecule has 76 valence electrons. The third-order valence-electron chi connectivity index (χ3n) is 0.986. The summed E-state index contributed by atoms with van der Waals surface area (Å²) in [5.41, 5.74) is 5.00. The lowest BCUT2D eigenvalue weighted by Gasteiger charge is -2.01. The minimum absolute atomic E-state index is 0. The van der Waals surface area contributed by atoms with Gasteiger partial charge in [0.2, 0.25) is 0 Å². The van der Waals surface area contributed by atoms with Crippen LogP contribution in [0.25, 0.3) is 0 Å². The molecule has 0 amide bonds. The van der Waals surface area contributed by atoms with Gasteiger partial charge in [-0.15, -0.1) is 0 Å². The Balaban J connectivity index is -0.000000135. The minimum Gasteiger partial charge on any atom is -0.481 e. The standard InChI is InChI=1S/C5H9NO4.Mg.2H2O/c6-3(5(9)10)1-2-4(7)8;;;/h3H,1-2,6H2,(H,7,8)(H,9,10);;2*1H2. The van der Waals surface area contributed by atoms with Gasteiger partial charge in [0, 0.05) is 29.5 Å². The maximum atomic E-state index is 9.99. The molecule has 0 spiro atoms. The van der Waals surface area contributed by atoms with Crippen LogP contribution in [-0.4, -0.2) is 62.2 Å². The summed E-state index contributed by atoms with van der Waals surface area (Å²) in [5, 5.41) is 16.3. The van der Waals surface area contributed by atoms with Crippen molar-refractivity contribution >= 4 is 35.0 Å². The van der Waals surface area contributed by atoms with Crippen molar-refractivity contribution in [2.45, 2.75) is 18.9 Å². The van der Waals surface area contributed by atoms with Crippen LogP contribution in [0.15, 0.2) is 0 Å². The molecule has 0 aliphatic heterocycles. The van der Waals surface area contributed by atoms with Gasteiger partial charge in [0.15, 0.2) is 0 Å². The highest BCUT2D eigenvalue weighted by molar-refractivity contribution is 5.75.